The molecule has 1 N–H and O–H groups in total. The second-order valence-electron chi connectivity index (χ2n) is 5.63. The van der Waals surface area contributed by atoms with E-state index in [0.717, 1.165) is 50.7 Å². The van der Waals surface area contributed by atoms with Crippen molar-refractivity contribution < 1.29 is 13.9 Å². The summed E-state index contributed by atoms with van der Waals surface area (Å²) < 4.78 is 11.2. The molecule has 1 aliphatic carbocycles. The number of furan rings is 1. The van der Waals surface area contributed by atoms with Gasteiger partial charge in [-0.2, -0.15) is 0 Å². The number of aryl methyl sites for hydroxylation is 1. The highest BCUT2D eigenvalue weighted by Gasteiger charge is 2.31. The number of amides is 1. The molecule has 0 spiro atoms. The van der Waals surface area contributed by atoms with Crippen LogP contribution >= 0.6 is 0 Å². The van der Waals surface area contributed by atoms with Crippen LogP contribution in [0.3, 0.4) is 0 Å². The van der Waals surface area contributed by atoms with Crippen LogP contribution in [0.15, 0.2) is 16.5 Å². The number of carbonyl (C=O) groups excluding carboxylic acids is 1. The third-order valence-corrected chi connectivity index (χ3v) is 3.99. The lowest BCUT2D eigenvalue weighted by atomic mass is 10.1. The molecule has 3 rings (SSSR count). The quantitative estimate of drug-likeness (QED) is 0.886. The van der Waals surface area contributed by atoms with E-state index in [1.807, 2.05) is 19.1 Å². The summed E-state index contributed by atoms with van der Waals surface area (Å²) in [6, 6.07) is 4.10. The van der Waals surface area contributed by atoms with Gasteiger partial charge in [0.1, 0.15) is 11.5 Å². The Bertz CT molecular complexity index is 461. The zero-order chi connectivity index (χ0) is 13.9. The minimum absolute atomic E-state index is 0.107. The highest BCUT2D eigenvalue weighted by atomic mass is 16.5. The minimum atomic E-state index is 0.107. The lowest BCUT2D eigenvalue weighted by Gasteiger charge is -2.33. The number of hydrogen-bond acceptors (Lipinski definition) is 4. The second kappa shape index (κ2) is 5.97. The SMILES string of the molecule is Cc1ccc([C@H](CNC(=O)C2CC2)N2CCOCC2)o1. The van der Waals surface area contributed by atoms with Crippen molar-refractivity contribution in [2.24, 2.45) is 5.92 Å². The van der Waals surface area contributed by atoms with Gasteiger partial charge >= 0.3 is 0 Å². The Hall–Kier alpha value is -1.33. The van der Waals surface area contributed by atoms with Crippen LogP contribution in [0, 0.1) is 12.8 Å². The van der Waals surface area contributed by atoms with Crippen LogP contribution in [0.2, 0.25) is 0 Å². The summed E-state index contributed by atoms with van der Waals surface area (Å²) in [7, 11) is 0. The fraction of sp³-hybridized carbons (Fsp3) is 0.667. The number of hydrogen-bond donors (Lipinski definition) is 1. The topological polar surface area (TPSA) is 54.7 Å². The average molecular weight is 278 g/mol. The first-order valence-corrected chi connectivity index (χ1v) is 7.40. The molecule has 1 saturated carbocycles. The smallest absolute Gasteiger partial charge is 0.223 e. The predicted octanol–water partition coefficient (Wildman–Crippen LogP) is 1.49. The molecule has 5 heteroatoms. The van der Waals surface area contributed by atoms with Crippen molar-refractivity contribution >= 4 is 5.91 Å². The van der Waals surface area contributed by atoms with E-state index < -0.39 is 0 Å². The third kappa shape index (κ3) is 3.22. The second-order valence-corrected chi connectivity index (χ2v) is 5.63. The van der Waals surface area contributed by atoms with Crippen LogP contribution in [-0.2, 0) is 9.53 Å². The molecule has 2 aliphatic rings. The van der Waals surface area contributed by atoms with Gasteiger partial charge in [-0.1, -0.05) is 0 Å². The van der Waals surface area contributed by atoms with Gasteiger partial charge in [0.05, 0.1) is 19.3 Å². The van der Waals surface area contributed by atoms with Gasteiger partial charge in [-0.05, 0) is 31.9 Å². The van der Waals surface area contributed by atoms with Gasteiger partial charge in [0.2, 0.25) is 5.91 Å². The molecule has 1 aliphatic heterocycles. The van der Waals surface area contributed by atoms with Gasteiger partial charge in [-0.15, -0.1) is 0 Å². The normalized spacial score (nSPS) is 21.6. The summed E-state index contributed by atoms with van der Waals surface area (Å²) in [5.41, 5.74) is 0. The van der Waals surface area contributed by atoms with Crippen molar-refractivity contribution in [3.8, 4) is 0 Å². The summed E-state index contributed by atoms with van der Waals surface area (Å²) in [4.78, 5) is 14.2. The van der Waals surface area contributed by atoms with Crippen LogP contribution in [0.4, 0.5) is 0 Å². The number of morpholine rings is 1. The number of nitrogens with one attached hydrogen (secondary N) is 1. The Balaban J connectivity index is 1.66. The number of ether oxygens (including phenoxy) is 1. The highest BCUT2D eigenvalue weighted by molar-refractivity contribution is 5.80. The molecule has 0 aromatic carbocycles. The Morgan fingerprint density at radius 3 is 2.75 bits per heavy atom. The molecular weight excluding hydrogens is 256 g/mol. The van der Waals surface area contributed by atoms with Gasteiger partial charge < -0.3 is 14.5 Å². The molecule has 1 atom stereocenters. The van der Waals surface area contributed by atoms with E-state index in [1.54, 1.807) is 0 Å². The third-order valence-electron chi connectivity index (χ3n) is 3.99. The number of nitrogens with zero attached hydrogens (tertiary/aromatic N) is 1. The molecule has 0 unspecified atom stereocenters. The van der Waals surface area contributed by atoms with E-state index in [9.17, 15) is 4.79 Å². The van der Waals surface area contributed by atoms with Gasteiger partial charge in [0, 0.05) is 25.6 Å². The van der Waals surface area contributed by atoms with E-state index in [1.165, 1.54) is 0 Å². The van der Waals surface area contributed by atoms with Crippen LogP contribution in [0.25, 0.3) is 0 Å². The summed E-state index contributed by atoms with van der Waals surface area (Å²) in [5, 5.41) is 3.07. The zero-order valence-electron chi connectivity index (χ0n) is 11.9. The highest BCUT2D eigenvalue weighted by Crippen LogP contribution is 2.29. The standard InChI is InChI=1S/C15H22N2O3/c1-11-2-5-14(20-11)13(17-6-8-19-9-7-17)10-16-15(18)12-3-4-12/h2,5,12-13H,3-4,6-10H2,1H3,(H,16,18)/t13-/m0/s1. The van der Waals surface area contributed by atoms with Crippen LogP contribution in [-0.4, -0.2) is 43.7 Å². The van der Waals surface area contributed by atoms with Gasteiger partial charge in [0.15, 0.2) is 0 Å². The molecule has 1 aromatic heterocycles. The summed E-state index contributed by atoms with van der Waals surface area (Å²) in [6.07, 6.45) is 2.07. The van der Waals surface area contributed by atoms with Crippen molar-refractivity contribution in [1.82, 2.24) is 10.2 Å². The molecule has 20 heavy (non-hydrogen) atoms. The van der Waals surface area contributed by atoms with Gasteiger partial charge in [-0.3, -0.25) is 9.69 Å². The molecule has 110 valence electrons. The molecule has 5 nitrogen and oxygen atoms in total. The van der Waals surface area contributed by atoms with Crippen LogP contribution in [0.5, 0.6) is 0 Å². The maximum absolute atomic E-state index is 11.8. The fourth-order valence-corrected chi connectivity index (χ4v) is 2.62. The summed E-state index contributed by atoms with van der Waals surface area (Å²) in [5.74, 6) is 2.28. The maximum Gasteiger partial charge on any atom is 0.223 e. The predicted molar refractivity (Wildman–Crippen MR) is 74.3 cm³/mol. The molecule has 0 radical (unpaired) electrons. The Labute approximate surface area is 119 Å². The first kappa shape index (κ1) is 13.6. The molecule has 0 bridgehead atoms. The first-order valence-electron chi connectivity index (χ1n) is 7.40. The summed E-state index contributed by atoms with van der Waals surface area (Å²) in [6.45, 7) is 5.80. The fourth-order valence-electron chi connectivity index (χ4n) is 2.62. The van der Waals surface area contributed by atoms with E-state index in [2.05, 4.69) is 10.2 Å². The van der Waals surface area contributed by atoms with Gasteiger partial charge in [0.25, 0.3) is 0 Å². The molecule has 2 heterocycles. The van der Waals surface area contributed by atoms with Crippen molar-refractivity contribution in [3.05, 3.63) is 23.7 Å². The van der Waals surface area contributed by atoms with Crippen molar-refractivity contribution in [2.75, 3.05) is 32.8 Å². The van der Waals surface area contributed by atoms with Crippen LogP contribution < -0.4 is 5.32 Å². The zero-order valence-corrected chi connectivity index (χ0v) is 11.9. The van der Waals surface area contributed by atoms with E-state index in [0.29, 0.717) is 6.54 Å². The van der Waals surface area contributed by atoms with E-state index in [4.69, 9.17) is 9.15 Å². The number of carbonyl (C=O) groups is 1. The van der Waals surface area contributed by atoms with E-state index >= 15 is 0 Å². The molecule has 1 saturated heterocycles. The van der Waals surface area contributed by atoms with Crippen LogP contribution in [0.1, 0.15) is 30.4 Å². The number of rotatable bonds is 5. The minimum Gasteiger partial charge on any atom is -0.465 e. The molecular formula is C15H22N2O3. The average Bonchev–Trinajstić information content (AvgIpc) is 3.23. The monoisotopic (exact) mass is 278 g/mol. The summed E-state index contributed by atoms with van der Waals surface area (Å²) >= 11 is 0. The lowest BCUT2D eigenvalue weighted by Crippen LogP contribution is -2.44. The van der Waals surface area contributed by atoms with Gasteiger partial charge in [-0.25, -0.2) is 0 Å². The largest absolute Gasteiger partial charge is 0.465 e. The van der Waals surface area contributed by atoms with E-state index in [-0.39, 0.29) is 17.9 Å². The Morgan fingerprint density at radius 1 is 1.40 bits per heavy atom. The van der Waals surface area contributed by atoms with Crippen molar-refractivity contribution in [2.45, 2.75) is 25.8 Å². The first-order chi connectivity index (χ1) is 9.74. The molecule has 1 amide bonds. The van der Waals surface area contributed by atoms with Crippen molar-refractivity contribution in [1.29, 1.82) is 0 Å². The molecule has 1 aromatic rings. The lowest BCUT2D eigenvalue weighted by molar-refractivity contribution is -0.122. The Morgan fingerprint density at radius 2 is 2.15 bits per heavy atom. The van der Waals surface area contributed by atoms with Crippen molar-refractivity contribution in [3.63, 3.8) is 0 Å². The maximum atomic E-state index is 11.8. The Kier molecular flexibility index (Phi) is 4.08. The molecule has 2 fully saturated rings.